The Labute approximate surface area is 96.1 Å². The molecule has 0 radical (unpaired) electrons. The zero-order valence-electron chi connectivity index (χ0n) is 9.99. The van der Waals surface area contributed by atoms with Crippen LogP contribution in [-0.4, -0.2) is 9.66 Å². The predicted molar refractivity (Wildman–Crippen MR) is 65.9 cm³/mol. The summed E-state index contributed by atoms with van der Waals surface area (Å²) in [6, 6.07) is 6.25. The van der Waals surface area contributed by atoms with Crippen molar-refractivity contribution in [1.29, 1.82) is 0 Å². The molecule has 0 fully saturated rings. The van der Waals surface area contributed by atoms with Crippen LogP contribution >= 0.6 is 0 Å². The summed E-state index contributed by atoms with van der Waals surface area (Å²) in [7, 11) is 0. The molecule has 0 aliphatic heterocycles. The van der Waals surface area contributed by atoms with Crippen LogP contribution in [0.5, 0.6) is 0 Å². The van der Waals surface area contributed by atoms with Crippen LogP contribution in [0, 0.1) is 20.8 Å². The van der Waals surface area contributed by atoms with Gasteiger partial charge in [-0.05, 0) is 50.1 Å². The number of pyridine rings is 1. The van der Waals surface area contributed by atoms with Crippen LogP contribution in [0.15, 0.2) is 30.6 Å². The topological polar surface area (TPSA) is 29.9 Å². The molecule has 16 heavy (non-hydrogen) atoms. The third-order valence-corrected chi connectivity index (χ3v) is 2.85. The standard InChI is InChI=1S/C13H17N3/c1-10-6-7-14-8-13(10)9-15-16-11(2)4-5-12(16)3/h4-8,15H,9H2,1-3H3. The number of aromatic nitrogens is 2. The Balaban J connectivity index is 2.11. The van der Waals surface area contributed by atoms with Crippen molar-refractivity contribution in [2.24, 2.45) is 0 Å². The molecule has 0 saturated heterocycles. The van der Waals surface area contributed by atoms with Crippen molar-refractivity contribution < 1.29 is 0 Å². The molecule has 1 N–H and O–H groups in total. The minimum Gasteiger partial charge on any atom is -0.321 e. The van der Waals surface area contributed by atoms with E-state index in [2.05, 4.69) is 48.0 Å². The Morgan fingerprint density at radius 1 is 1.12 bits per heavy atom. The summed E-state index contributed by atoms with van der Waals surface area (Å²) in [5.74, 6) is 0. The Bertz CT molecular complexity index is 466. The maximum Gasteiger partial charge on any atom is 0.0582 e. The molecule has 0 bridgehead atoms. The van der Waals surface area contributed by atoms with Crippen molar-refractivity contribution in [3.05, 3.63) is 53.1 Å². The Morgan fingerprint density at radius 3 is 2.44 bits per heavy atom. The predicted octanol–water partition coefficient (Wildman–Crippen LogP) is 2.55. The highest BCUT2D eigenvalue weighted by Gasteiger charge is 2.01. The molecule has 0 amide bonds. The number of nitrogens with zero attached hydrogens (tertiary/aromatic N) is 2. The van der Waals surface area contributed by atoms with E-state index in [1.54, 1.807) is 0 Å². The molecule has 2 aromatic heterocycles. The summed E-state index contributed by atoms with van der Waals surface area (Å²) in [6.07, 6.45) is 3.74. The van der Waals surface area contributed by atoms with E-state index in [-0.39, 0.29) is 0 Å². The maximum absolute atomic E-state index is 4.14. The average Bonchev–Trinajstić information content (AvgIpc) is 2.58. The number of aryl methyl sites for hydroxylation is 3. The molecule has 0 spiro atoms. The van der Waals surface area contributed by atoms with Crippen molar-refractivity contribution >= 4 is 0 Å². The third kappa shape index (κ3) is 2.08. The van der Waals surface area contributed by atoms with E-state index < -0.39 is 0 Å². The van der Waals surface area contributed by atoms with Gasteiger partial charge in [-0.1, -0.05) is 0 Å². The molecule has 3 nitrogen and oxygen atoms in total. The van der Waals surface area contributed by atoms with Gasteiger partial charge in [0.25, 0.3) is 0 Å². The first-order valence-corrected chi connectivity index (χ1v) is 5.47. The fraction of sp³-hybridized carbons (Fsp3) is 0.308. The second kappa shape index (κ2) is 4.39. The summed E-state index contributed by atoms with van der Waals surface area (Å²) in [5.41, 5.74) is 8.34. The van der Waals surface area contributed by atoms with E-state index in [0.29, 0.717) is 0 Å². The summed E-state index contributed by atoms with van der Waals surface area (Å²) in [6.45, 7) is 7.09. The van der Waals surface area contributed by atoms with Crippen molar-refractivity contribution in [3.8, 4) is 0 Å². The quantitative estimate of drug-likeness (QED) is 0.852. The Kier molecular flexibility index (Phi) is 2.95. The summed E-state index contributed by atoms with van der Waals surface area (Å²) in [4.78, 5) is 4.14. The lowest BCUT2D eigenvalue weighted by atomic mass is 10.2. The summed E-state index contributed by atoms with van der Waals surface area (Å²) in [5, 5.41) is 0. The molecule has 0 unspecified atom stereocenters. The molecule has 0 aliphatic rings. The number of hydrogen-bond donors (Lipinski definition) is 1. The van der Waals surface area contributed by atoms with Crippen molar-refractivity contribution in [2.75, 3.05) is 5.43 Å². The van der Waals surface area contributed by atoms with Gasteiger partial charge in [-0.15, -0.1) is 0 Å². The van der Waals surface area contributed by atoms with Gasteiger partial charge >= 0.3 is 0 Å². The smallest absolute Gasteiger partial charge is 0.0582 e. The second-order valence-corrected chi connectivity index (χ2v) is 4.09. The maximum atomic E-state index is 4.14. The van der Waals surface area contributed by atoms with Crippen LogP contribution in [0.4, 0.5) is 0 Å². The average molecular weight is 215 g/mol. The van der Waals surface area contributed by atoms with Gasteiger partial charge in [0.2, 0.25) is 0 Å². The second-order valence-electron chi connectivity index (χ2n) is 4.09. The van der Waals surface area contributed by atoms with E-state index in [4.69, 9.17) is 0 Å². The molecule has 0 aliphatic carbocycles. The summed E-state index contributed by atoms with van der Waals surface area (Å²) >= 11 is 0. The molecular weight excluding hydrogens is 198 g/mol. The zero-order valence-corrected chi connectivity index (χ0v) is 9.99. The Hall–Kier alpha value is -1.77. The lowest BCUT2D eigenvalue weighted by Gasteiger charge is -2.13. The molecule has 2 aromatic rings. The van der Waals surface area contributed by atoms with Crippen molar-refractivity contribution in [2.45, 2.75) is 27.3 Å². The van der Waals surface area contributed by atoms with Gasteiger partial charge in [0.05, 0.1) is 6.54 Å². The monoisotopic (exact) mass is 215 g/mol. The Morgan fingerprint density at radius 2 is 1.81 bits per heavy atom. The largest absolute Gasteiger partial charge is 0.321 e. The number of rotatable bonds is 3. The molecule has 0 aromatic carbocycles. The van der Waals surface area contributed by atoms with Gasteiger partial charge in [-0.2, -0.15) is 0 Å². The van der Waals surface area contributed by atoms with Gasteiger partial charge in [-0.25, -0.2) is 0 Å². The lowest BCUT2D eigenvalue weighted by molar-refractivity contribution is 0.788. The third-order valence-electron chi connectivity index (χ3n) is 2.85. The highest BCUT2D eigenvalue weighted by Crippen LogP contribution is 2.08. The summed E-state index contributed by atoms with van der Waals surface area (Å²) < 4.78 is 2.10. The first-order chi connectivity index (χ1) is 7.68. The first-order valence-electron chi connectivity index (χ1n) is 5.47. The van der Waals surface area contributed by atoms with Crippen molar-refractivity contribution in [3.63, 3.8) is 0 Å². The molecule has 2 heterocycles. The fourth-order valence-electron chi connectivity index (χ4n) is 1.76. The molecule has 0 atom stereocenters. The van der Waals surface area contributed by atoms with Crippen LogP contribution in [0.25, 0.3) is 0 Å². The number of nitrogens with one attached hydrogen (secondary N) is 1. The normalized spacial score (nSPS) is 10.4. The van der Waals surface area contributed by atoms with Crippen LogP contribution < -0.4 is 5.43 Å². The van der Waals surface area contributed by atoms with E-state index in [1.807, 2.05) is 18.5 Å². The van der Waals surface area contributed by atoms with Crippen LogP contribution in [0.3, 0.4) is 0 Å². The van der Waals surface area contributed by atoms with Crippen LogP contribution in [0.1, 0.15) is 22.5 Å². The molecule has 0 saturated carbocycles. The highest BCUT2D eigenvalue weighted by molar-refractivity contribution is 5.23. The van der Waals surface area contributed by atoms with E-state index in [0.717, 1.165) is 6.54 Å². The first kappa shape index (κ1) is 10.7. The van der Waals surface area contributed by atoms with Gasteiger partial charge in [-0.3, -0.25) is 9.66 Å². The molecular formula is C13H17N3. The minimum atomic E-state index is 0.802. The van der Waals surface area contributed by atoms with Crippen LogP contribution in [-0.2, 0) is 6.54 Å². The van der Waals surface area contributed by atoms with E-state index in [1.165, 1.54) is 22.5 Å². The fourth-order valence-corrected chi connectivity index (χ4v) is 1.76. The van der Waals surface area contributed by atoms with E-state index >= 15 is 0 Å². The number of hydrogen-bond acceptors (Lipinski definition) is 2. The van der Waals surface area contributed by atoms with Crippen molar-refractivity contribution in [1.82, 2.24) is 9.66 Å². The molecule has 84 valence electrons. The SMILES string of the molecule is Cc1ccncc1CNn1c(C)ccc1C. The molecule has 3 heteroatoms. The van der Waals surface area contributed by atoms with Gasteiger partial charge in [0, 0.05) is 23.8 Å². The van der Waals surface area contributed by atoms with Gasteiger partial charge in [0.1, 0.15) is 0 Å². The minimum absolute atomic E-state index is 0.802. The van der Waals surface area contributed by atoms with Gasteiger partial charge in [0.15, 0.2) is 0 Å². The van der Waals surface area contributed by atoms with E-state index in [9.17, 15) is 0 Å². The highest BCUT2D eigenvalue weighted by atomic mass is 15.4. The van der Waals surface area contributed by atoms with Crippen LogP contribution in [0.2, 0.25) is 0 Å². The van der Waals surface area contributed by atoms with Gasteiger partial charge < -0.3 is 5.43 Å². The lowest BCUT2D eigenvalue weighted by Crippen LogP contribution is -2.17. The zero-order chi connectivity index (χ0) is 11.5. The molecule has 2 rings (SSSR count).